The first-order valence-electron chi connectivity index (χ1n) is 5.44. The molecule has 2 aromatic heterocycles. The lowest BCUT2D eigenvalue weighted by Crippen LogP contribution is -2.04. The van der Waals surface area contributed by atoms with E-state index < -0.39 is 0 Å². The van der Waals surface area contributed by atoms with Gasteiger partial charge in [0.05, 0.1) is 28.1 Å². The largest absolute Gasteiger partial charge is 0.395 e. The molecule has 3 N–H and O–H groups in total. The Bertz CT molecular complexity index is 686. The molecule has 0 saturated heterocycles. The number of nitrogens with one attached hydrogen (secondary N) is 1. The Balaban J connectivity index is 1.84. The van der Waals surface area contributed by atoms with Crippen LogP contribution in [0.25, 0.3) is 10.2 Å². The van der Waals surface area contributed by atoms with Gasteiger partial charge in [0.2, 0.25) is 0 Å². The second-order valence-corrected chi connectivity index (χ2v) is 4.80. The summed E-state index contributed by atoms with van der Waals surface area (Å²) in [6.07, 6.45) is 1.67. The molecule has 6 nitrogen and oxygen atoms in total. The highest BCUT2D eigenvalue weighted by Crippen LogP contribution is 2.29. The van der Waals surface area contributed by atoms with Crippen LogP contribution in [0.1, 0.15) is 5.82 Å². The van der Waals surface area contributed by atoms with Crippen molar-refractivity contribution in [2.75, 3.05) is 11.1 Å². The summed E-state index contributed by atoms with van der Waals surface area (Å²) in [7, 11) is 1.84. The van der Waals surface area contributed by atoms with E-state index in [0.29, 0.717) is 12.2 Å². The number of thiazole rings is 1. The molecule has 3 aromatic rings. The first kappa shape index (κ1) is 11.0. The topological polar surface area (TPSA) is 81.7 Å². The molecule has 3 rings (SSSR count). The number of hydrogen-bond acceptors (Lipinski definition) is 6. The fourth-order valence-electron chi connectivity index (χ4n) is 1.75. The minimum absolute atomic E-state index is 0.542. The van der Waals surface area contributed by atoms with Gasteiger partial charge in [0.1, 0.15) is 11.8 Å². The predicted molar refractivity (Wildman–Crippen MR) is 72.4 cm³/mol. The molecule has 0 aliphatic carbocycles. The summed E-state index contributed by atoms with van der Waals surface area (Å²) in [5.41, 5.74) is 10.2. The van der Waals surface area contributed by atoms with Crippen molar-refractivity contribution < 1.29 is 0 Å². The Labute approximate surface area is 107 Å². The maximum absolute atomic E-state index is 6.07. The standard InChI is InChI=1S/C11H12N6S/c1-17-5-14-9(16-17)4-13-7-2-3-8-11(10(7)12)15-6-18-8/h2-3,5-6,13H,4,12H2,1H3. The van der Waals surface area contributed by atoms with E-state index in [4.69, 9.17) is 5.73 Å². The lowest BCUT2D eigenvalue weighted by Gasteiger charge is -2.07. The average Bonchev–Trinajstić information content (AvgIpc) is 2.97. The van der Waals surface area contributed by atoms with E-state index in [1.165, 1.54) is 0 Å². The number of anilines is 2. The number of benzene rings is 1. The van der Waals surface area contributed by atoms with Crippen LogP contribution in [0.5, 0.6) is 0 Å². The molecule has 92 valence electrons. The van der Waals surface area contributed by atoms with Crippen molar-refractivity contribution in [2.24, 2.45) is 7.05 Å². The average molecular weight is 260 g/mol. The van der Waals surface area contributed by atoms with Crippen LogP contribution in [0.2, 0.25) is 0 Å². The molecule has 0 aliphatic heterocycles. The molecule has 7 heteroatoms. The van der Waals surface area contributed by atoms with Crippen molar-refractivity contribution in [2.45, 2.75) is 6.54 Å². The van der Waals surface area contributed by atoms with Gasteiger partial charge in [-0.1, -0.05) is 0 Å². The van der Waals surface area contributed by atoms with Gasteiger partial charge in [-0.05, 0) is 12.1 Å². The highest BCUT2D eigenvalue weighted by atomic mass is 32.1. The summed E-state index contributed by atoms with van der Waals surface area (Å²) in [4.78, 5) is 8.40. The fourth-order valence-corrected chi connectivity index (χ4v) is 2.44. The minimum atomic E-state index is 0.542. The second-order valence-electron chi connectivity index (χ2n) is 3.91. The normalized spacial score (nSPS) is 10.9. The van der Waals surface area contributed by atoms with Crippen LogP contribution >= 0.6 is 11.3 Å². The summed E-state index contributed by atoms with van der Waals surface area (Å²) < 4.78 is 2.76. The number of aryl methyl sites for hydroxylation is 1. The molecule has 1 aromatic carbocycles. The zero-order valence-electron chi connectivity index (χ0n) is 9.79. The number of hydrogen-bond donors (Lipinski definition) is 2. The lowest BCUT2D eigenvalue weighted by atomic mass is 10.2. The van der Waals surface area contributed by atoms with E-state index in [-0.39, 0.29) is 0 Å². The molecule has 0 amide bonds. The van der Waals surface area contributed by atoms with Crippen LogP contribution in [0.15, 0.2) is 24.0 Å². The molecular formula is C11H12N6S. The molecule has 0 atom stereocenters. The Morgan fingerprint density at radius 2 is 2.28 bits per heavy atom. The fraction of sp³-hybridized carbons (Fsp3) is 0.182. The van der Waals surface area contributed by atoms with Gasteiger partial charge in [-0.25, -0.2) is 9.97 Å². The molecule has 0 fully saturated rings. The molecule has 0 unspecified atom stereocenters. The second kappa shape index (κ2) is 4.26. The van der Waals surface area contributed by atoms with E-state index >= 15 is 0 Å². The van der Waals surface area contributed by atoms with Gasteiger partial charge in [0.15, 0.2) is 5.82 Å². The molecule has 2 heterocycles. The number of rotatable bonds is 3. The van der Waals surface area contributed by atoms with Crippen LogP contribution in [-0.2, 0) is 13.6 Å². The number of nitrogens with two attached hydrogens (primary N) is 1. The van der Waals surface area contributed by atoms with Crippen molar-refractivity contribution in [1.82, 2.24) is 19.7 Å². The third-order valence-corrected chi connectivity index (χ3v) is 3.42. The van der Waals surface area contributed by atoms with Crippen molar-refractivity contribution in [1.29, 1.82) is 0 Å². The van der Waals surface area contributed by atoms with E-state index in [1.54, 1.807) is 27.9 Å². The minimum Gasteiger partial charge on any atom is -0.395 e. The smallest absolute Gasteiger partial charge is 0.169 e. The zero-order chi connectivity index (χ0) is 12.5. The molecular weight excluding hydrogens is 248 g/mol. The quantitative estimate of drug-likeness (QED) is 0.699. The van der Waals surface area contributed by atoms with Crippen LogP contribution < -0.4 is 11.1 Å². The van der Waals surface area contributed by atoms with E-state index in [0.717, 1.165) is 21.7 Å². The SMILES string of the molecule is Cn1cnc(CNc2ccc3scnc3c2N)n1. The van der Waals surface area contributed by atoms with E-state index in [1.807, 2.05) is 19.2 Å². The van der Waals surface area contributed by atoms with Gasteiger partial charge < -0.3 is 11.1 Å². The number of fused-ring (bicyclic) bond motifs is 1. The summed E-state index contributed by atoms with van der Waals surface area (Å²) in [5, 5.41) is 7.42. The number of nitrogens with zero attached hydrogens (tertiary/aromatic N) is 4. The van der Waals surface area contributed by atoms with Crippen LogP contribution in [-0.4, -0.2) is 19.7 Å². The van der Waals surface area contributed by atoms with Crippen molar-refractivity contribution in [3.8, 4) is 0 Å². The molecule has 0 saturated carbocycles. The predicted octanol–water partition coefficient (Wildman–Crippen LogP) is 1.62. The van der Waals surface area contributed by atoms with Crippen LogP contribution in [0.4, 0.5) is 11.4 Å². The summed E-state index contributed by atoms with van der Waals surface area (Å²) in [6.45, 7) is 0.542. The lowest BCUT2D eigenvalue weighted by molar-refractivity contribution is 0.747. The zero-order valence-corrected chi connectivity index (χ0v) is 10.6. The maximum atomic E-state index is 6.07. The highest BCUT2D eigenvalue weighted by molar-refractivity contribution is 7.16. The maximum Gasteiger partial charge on any atom is 0.169 e. The van der Waals surface area contributed by atoms with Gasteiger partial charge in [-0.15, -0.1) is 11.3 Å². The van der Waals surface area contributed by atoms with Crippen molar-refractivity contribution >= 4 is 32.9 Å². The molecule has 0 bridgehead atoms. The number of aromatic nitrogens is 4. The Hall–Kier alpha value is -2.15. The Morgan fingerprint density at radius 1 is 1.39 bits per heavy atom. The molecule has 0 spiro atoms. The third kappa shape index (κ3) is 1.88. The Kier molecular flexibility index (Phi) is 2.60. The van der Waals surface area contributed by atoms with Gasteiger partial charge in [0.25, 0.3) is 0 Å². The monoisotopic (exact) mass is 260 g/mol. The molecule has 0 radical (unpaired) electrons. The summed E-state index contributed by atoms with van der Waals surface area (Å²) in [5.74, 6) is 0.732. The van der Waals surface area contributed by atoms with Crippen LogP contribution in [0, 0.1) is 0 Å². The van der Waals surface area contributed by atoms with E-state index in [9.17, 15) is 0 Å². The molecule has 18 heavy (non-hydrogen) atoms. The summed E-state index contributed by atoms with van der Waals surface area (Å²) >= 11 is 1.58. The van der Waals surface area contributed by atoms with Gasteiger partial charge >= 0.3 is 0 Å². The first-order chi connectivity index (χ1) is 8.74. The van der Waals surface area contributed by atoms with Gasteiger partial charge in [0, 0.05) is 7.05 Å². The Morgan fingerprint density at radius 3 is 3.06 bits per heavy atom. The van der Waals surface area contributed by atoms with Crippen LogP contribution in [0.3, 0.4) is 0 Å². The summed E-state index contributed by atoms with van der Waals surface area (Å²) in [6, 6.07) is 3.97. The van der Waals surface area contributed by atoms with Crippen molar-refractivity contribution in [3.63, 3.8) is 0 Å². The number of nitrogen functional groups attached to an aromatic ring is 1. The van der Waals surface area contributed by atoms with Gasteiger partial charge in [-0.2, -0.15) is 5.10 Å². The third-order valence-electron chi connectivity index (χ3n) is 2.63. The first-order valence-corrected chi connectivity index (χ1v) is 6.32. The van der Waals surface area contributed by atoms with Crippen molar-refractivity contribution in [3.05, 3.63) is 29.8 Å². The highest BCUT2D eigenvalue weighted by Gasteiger charge is 2.07. The molecule has 0 aliphatic rings. The van der Waals surface area contributed by atoms with Gasteiger partial charge in [-0.3, -0.25) is 4.68 Å². The van der Waals surface area contributed by atoms with E-state index in [2.05, 4.69) is 20.4 Å².